The van der Waals surface area contributed by atoms with Crippen LogP contribution in [0.3, 0.4) is 0 Å². The van der Waals surface area contributed by atoms with E-state index in [9.17, 15) is 26.3 Å². The molecule has 0 saturated heterocycles. The SMILES string of the molecule is CC1CCC(C)C1(C)C(F)(F)F.CC1CCC(C)C1C(F)(F)F. The molecule has 2 rings (SSSR count). The Morgan fingerprint density at radius 3 is 1.22 bits per heavy atom. The van der Waals surface area contributed by atoms with E-state index in [0.29, 0.717) is 12.8 Å². The van der Waals surface area contributed by atoms with E-state index in [2.05, 4.69) is 0 Å². The smallest absolute Gasteiger partial charge is 0.171 e. The van der Waals surface area contributed by atoms with E-state index in [1.807, 2.05) is 0 Å². The molecule has 2 saturated carbocycles. The molecule has 0 radical (unpaired) electrons. The van der Waals surface area contributed by atoms with Gasteiger partial charge in [-0.2, -0.15) is 26.3 Å². The minimum absolute atomic E-state index is 0.176. The summed E-state index contributed by atoms with van der Waals surface area (Å²) in [6, 6.07) is 0. The second kappa shape index (κ2) is 6.83. The van der Waals surface area contributed by atoms with Crippen LogP contribution in [0, 0.1) is 35.0 Å². The van der Waals surface area contributed by atoms with Crippen molar-refractivity contribution in [2.45, 2.75) is 72.7 Å². The third-order valence-corrected chi connectivity index (χ3v) is 6.37. The maximum atomic E-state index is 12.6. The van der Waals surface area contributed by atoms with Crippen LogP contribution in [0.2, 0.25) is 0 Å². The van der Waals surface area contributed by atoms with Crippen LogP contribution in [-0.4, -0.2) is 12.4 Å². The second-order valence-corrected chi connectivity index (χ2v) is 7.76. The average molecular weight is 346 g/mol. The van der Waals surface area contributed by atoms with Crippen molar-refractivity contribution in [3.05, 3.63) is 0 Å². The first-order valence-corrected chi connectivity index (χ1v) is 8.36. The minimum Gasteiger partial charge on any atom is -0.171 e. The quantitative estimate of drug-likeness (QED) is 0.421. The van der Waals surface area contributed by atoms with E-state index in [4.69, 9.17) is 0 Å². The largest absolute Gasteiger partial charge is 0.394 e. The fraction of sp³-hybridized carbons (Fsp3) is 1.00. The van der Waals surface area contributed by atoms with Gasteiger partial charge in [0.05, 0.1) is 11.3 Å². The third kappa shape index (κ3) is 4.16. The molecular formula is C17H28F6. The molecule has 0 aromatic heterocycles. The first-order chi connectivity index (χ1) is 10.2. The van der Waals surface area contributed by atoms with E-state index >= 15 is 0 Å². The average Bonchev–Trinajstić information content (AvgIpc) is 2.84. The molecule has 138 valence electrons. The van der Waals surface area contributed by atoms with Crippen molar-refractivity contribution in [2.75, 3.05) is 0 Å². The van der Waals surface area contributed by atoms with Crippen molar-refractivity contribution in [1.29, 1.82) is 0 Å². The van der Waals surface area contributed by atoms with Gasteiger partial charge >= 0.3 is 12.4 Å². The van der Waals surface area contributed by atoms with Gasteiger partial charge in [0.1, 0.15) is 0 Å². The second-order valence-electron chi connectivity index (χ2n) is 7.76. The highest BCUT2D eigenvalue weighted by Gasteiger charge is 2.59. The van der Waals surface area contributed by atoms with Gasteiger partial charge in [-0.25, -0.2) is 0 Å². The summed E-state index contributed by atoms with van der Waals surface area (Å²) in [5.41, 5.74) is -1.45. The van der Waals surface area contributed by atoms with Crippen LogP contribution in [-0.2, 0) is 0 Å². The molecule has 23 heavy (non-hydrogen) atoms. The van der Waals surface area contributed by atoms with Crippen LogP contribution in [0.5, 0.6) is 0 Å². The minimum atomic E-state index is -4.04. The van der Waals surface area contributed by atoms with Crippen LogP contribution in [0.1, 0.15) is 60.3 Å². The lowest BCUT2D eigenvalue weighted by Gasteiger charge is -2.35. The topological polar surface area (TPSA) is 0 Å². The van der Waals surface area contributed by atoms with Gasteiger partial charge < -0.3 is 0 Å². The number of rotatable bonds is 0. The van der Waals surface area contributed by atoms with Crippen molar-refractivity contribution >= 4 is 0 Å². The molecule has 0 aromatic rings. The molecule has 4 unspecified atom stereocenters. The number of alkyl halides is 6. The molecule has 4 atom stereocenters. The molecular weight excluding hydrogens is 318 g/mol. The zero-order valence-electron chi connectivity index (χ0n) is 14.5. The fourth-order valence-electron chi connectivity index (χ4n) is 4.24. The van der Waals surface area contributed by atoms with Crippen LogP contribution < -0.4 is 0 Å². The van der Waals surface area contributed by atoms with Crippen molar-refractivity contribution in [3.8, 4) is 0 Å². The van der Waals surface area contributed by atoms with Crippen LogP contribution in [0.4, 0.5) is 26.3 Å². The van der Waals surface area contributed by atoms with Gasteiger partial charge in [-0.3, -0.25) is 0 Å². The zero-order chi connectivity index (χ0) is 18.2. The number of hydrogen-bond donors (Lipinski definition) is 0. The molecule has 2 aliphatic carbocycles. The molecule has 2 aliphatic rings. The summed E-state index contributed by atoms with van der Waals surface area (Å²) in [6.45, 7) is 8.16. The summed E-state index contributed by atoms with van der Waals surface area (Å²) in [4.78, 5) is 0. The Balaban J connectivity index is 0.000000231. The normalized spacial score (nSPS) is 41.6. The Hall–Kier alpha value is -0.420. The highest BCUT2D eigenvalue weighted by Crippen LogP contribution is 2.56. The molecule has 0 amide bonds. The Labute approximate surface area is 135 Å². The third-order valence-electron chi connectivity index (χ3n) is 6.37. The van der Waals surface area contributed by atoms with Crippen LogP contribution >= 0.6 is 0 Å². The first-order valence-electron chi connectivity index (χ1n) is 8.36. The monoisotopic (exact) mass is 346 g/mol. The van der Waals surface area contributed by atoms with Crippen molar-refractivity contribution < 1.29 is 26.3 Å². The van der Waals surface area contributed by atoms with Gasteiger partial charge in [-0.1, -0.05) is 34.6 Å². The van der Waals surface area contributed by atoms with Crippen LogP contribution in [0.15, 0.2) is 0 Å². The van der Waals surface area contributed by atoms with E-state index in [-0.39, 0.29) is 23.7 Å². The Morgan fingerprint density at radius 1 is 0.696 bits per heavy atom. The van der Waals surface area contributed by atoms with E-state index in [1.165, 1.54) is 6.92 Å². The van der Waals surface area contributed by atoms with Gasteiger partial charge in [0, 0.05) is 0 Å². The Morgan fingerprint density at radius 2 is 1.04 bits per heavy atom. The van der Waals surface area contributed by atoms with E-state index in [0.717, 1.165) is 12.8 Å². The lowest BCUT2D eigenvalue weighted by Crippen LogP contribution is -2.41. The predicted molar refractivity (Wildman–Crippen MR) is 78.8 cm³/mol. The summed E-state index contributed by atoms with van der Waals surface area (Å²) in [5.74, 6) is -1.86. The predicted octanol–water partition coefficient (Wildman–Crippen LogP) is 6.85. The fourth-order valence-corrected chi connectivity index (χ4v) is 4.24. The summed E-state index contributed by atoms with van der Waals surface area (Å²) >= 11 is 0. The molecule has 6 heteroatoms. The lowest BCUT2D eigenvalue weighted by atomic mass is 9.74. The maximum Gasteiger partial charge on any atom is 0.394 e. The zero-order valence-corrected chi connectivity index (χ0v) is 14.5. The Bertz CT molecular complexity index is 364. The highest BCUT2D eigenvalue weighted by atomic mass is 19.4. The summed E-state index contributed by atoms with van der Waals surface area (Å²) < 4.78 is 74.7. The molecule has 0 N–H and O–H groups in total. The number of hydrogen-bond acceptors (Lipinski definition) is 0. The van der Waals surface area contributed by atoms with Gasteiger partial charge in [-0.05, 0) is 49.4 Å². The summed E-state index contributed by atoms with van der Waals surface area (Å²) in [6.07, 6.45) is -5.15. The van der Waals surface area contributed by atoms with Gasteiger partial charge in [0.25, 0.3) is 0 Å². The molecule has 0 nitrogen and oxygen atoms in total. The summed E-state index contributed by atoms with van der Waals surface area (Å²) in [5, 5.41) is 0. The Kier molecular flexibility index (Phi) is 6.12. The molecule has 0 aliphatic heterocycles. The van der Waals surface area contributed by atoms with E-state index < -0.39 is 23.7 Å². The van der Waals surface area contributed by atoms with Crippen molar-refractivity contribution in [1.82, 2.24) is 0 Å². The van der Waals surface area contributed by atoms with Gasteiger partial charge in [0.15, 0.2) is 0 Å². The first kappa shape index (κ1) is 20.6. The molecule has 2 fully saturated rings. The highest BCUT2D eigenvalue weighted by molar-refractivity contribution is 4.96. The maximum absolute atomic E-state index is 12.6. The lowest BCUT2D eigenvalue weighted by molar-refractivity contribution is -0.240. The van der Waals surface area contributed by atoms with E-state index in [1.54, 1.807) is 27.7 Å². The molecule has 0 heterocycles. The molecule has 0 bridgehead atoms. The van der Waals surface area contributed by atoms with Crippen molar-refractivity contribution in [3.63, 3.8) is 0 Å². The van der Waals surface area contributed by atoms with Crippen LogP contribution in [0.25, 0.3) is 0 Å². The summed E-state index contributed by atoms with van der Waals surface area (Å²) in [7, 11) is 0. The van der Waals surface area contributed by atoms with Gasteiger partial charge in [-0.15, -0.1) is 0 Å². The number of halogens is 6. The van der Waals surface area contributed by atoms with Gasteiger partial charge in [0.2, 0.25) is 0 Å². The molecule has 0 spiro atoms. The molecule has 0 aromatic carbocycles. The standard InChI is InChI=1S/C9H15F3.C8H13F3/c1-6-4-5-7(2)8(6,3)9(10,11)12;1-5-3-4-6(2)7(5)8(9,10)11/h6-7H,4-5H2,1-3H3;5-7H,3-4H2,1-2H3. The van der Waals surface area contributed by atoms with Crippen molar-refractivity contribution in [2.24, 2.45) is 35.0 Å².